The van der Waals surface area contributed by atoms with Crippen molar-refractivity contribution in [1.82, 2.24) is 0 Å². The lowest BCUT2D eigenvalue weighted by Crippen LogP contribution is -2.34. The largest absolute Gasteiger partial charge is 0.325 e. The zero-order chi connectivity index (χ0) is 13.7. The maximum atomic E-state index is 13.1. The first kappa shape index (κ1) is 13.5. The molecule has 2 rings (SSSR count). The molecule has 0 aliphatic heterocycles. The molecule has 0 heterocycles. The van der Waals surface area contributed by atoms with E-state index in [-0.39, 0.29) is 5.91 Å². The smallest absolute Gasteiger partial charge is 0.244 e. The highest BCUT2D eigenvalue weighted by atomic mass is 19.1. The summed E-state index contributed by atoms with van der Waals surface area (Å²) in [6.07, 6.45) is 5.09. The molecule has 0 unspecified atom stereocenters. The van der Waals surface area contributed by atoms with E-state index in [0.29, 0.717) is 18.5 Å². The van der Waals surface area contributed by atoms with E-state index in [2.05, 4.69) is 11.4 Å². The number of nitriles is 1. The molecule has 0 atom stereocenters. The fourth-order valence-corrected chi connectivity index (χ4v) is 2.54. The molecule has 1 amide bonds. The summed E-state index contributed by atoms with van der Waals surface area (Å²) in [4.78, 5) is 12.3. The zero-order valence-electron chi connectivity index (χ0n) is 10.8. The Balaban J connectivity index is 2.15. The third-order valence-electron chi connectivity index (χ3n) is 3.69. The van der Waals surface area contributed by atoms with Gasteiger partial charge in [-0.3, -0.25) is 4.79 Å². The molecule has 0 spiro atoms. The molecule has 0 radical (unpaired) electrons. The van der Waals surface area contributed by atoms with Crippen LogP contribution in [-0.4, -0.2) is 5.91 Å². The van der Waals surface area contributed by atoms with Crippen molar-refractivity contribution >= 4 is 11.6 Å². The maximum absolute atomic E-state index is 13.1. The summed E-state index contributed by atoms with van der Waals surface area (Å²) in [6.45, 7) is 0. The van der Waals surface area contributed by atoms with Crippen molar-refractivity contribution in [3.05, 3.63) is 30.1 Å². The molecule has 0 bridgehead atoms. The first-order valence-corrected chi connectivity index (χ1v) is 6.65. The summed E-state index contributed by atoms with van der Waals surface area (Å²) >= 11 is 0. The Hall–Kier alpha value is -1.89. The monoisotopic (exact) mass is 260 g/mol. The summed E-state index contributed by atoms with van der Waals surface area (Å²) in [5, 5.41) is 12.1. The van der Waals surface area contributed by atoms with Gasteiger partial charge in [-0.1, -0.05) is 31.7 Å². The predicted molar refractivity (Wildman–Crippen MR) is 70.8 cm³/mol. The number of carbonyl (C=O) groups excluding carboxylic acids is 1. The average molecular weight is 260 g/mol. The molecule has 1 aromatic carbocycles. The Morgan fingerprint density at radius 2 is 1.95 bits per heavy atom. The van der Waals surface area contributed by atoms with Crippen LogP contribution in [0.4, 0.5) is 10.1 Å². The number of hydrogen-bond acceptors (Lipinski definition) is 2. The Morgan fingerprint density at radius 1 is 1.26 bits per heavy atom. The second kappa shape index (κ2) is 5.83. The van der Waals surface area contributed by atoms with Crippen molar-refractivity contribution in [1.29, 1.82) is 5.26 Å². The van der Waals surface area contributed by atoms with E-state index in [1.165, 1.54) is 18.2 Å². The summed E-state index contributed by atoms with van der Waals surface area (Å²) in [5.41, 5.74) is -0.549. The molecule has 1 saturated carbocycles. The van der Waals surface area contributed by atoms with Crippen molar-refractivity contribution in [3.8, 4) is 6.07 Å². The lowest BCUT2D eigenvalue weighted by Gasteiger charge is -2.23. The molecule has 19 heavy (non-hydrogen) atoms. The number of benzene rings is 1. The van der Waals surface area contributed by atoms with Crippen LogP contribution in [0.15, 0.2) is 24.3 Å². The summed E-state index contributed by atoms with van der Waals surface area (Å²) in [7, 11) is 0. The molecule has 3 nitrogen and oxygen atoms in total. The predicted octanol–water partition coefficient (Wildman–Crippen LogP) is 3.63. The summed E-state index contributed by atoms with van der Waals surface area (Å²) < 4.78 is 13.1. The van der Waals surface area contributed by atoms with Gasteiger partial charge in [0, 0.05) is 5.69 Å². The van der Waals surface area contributed by atoms with Crippen LogP contribution < -0.4 is 5.32 Å². The van der Waals surface area contributed by atoms with Crippen molar-refractivity contribution in [2.45, 2.75) is 38.5 Å². The first-order chi connectivity index (χ1) is 9.16. The lowest BCUT2D eigenvalue weighted by atomic mass is 9.81. The number of amides is 1. The second-order valence-corrected chi connectivity index (χ2v) is 5.07. The Morgan fingerprint density at radius 3 is 2.53 bits per heavy atom. The van der Waals surface area contributed by atoms with Crippen LogP contribution in [0.1, 0.15) is 38.5 Å². The van der Waals surface area contributed by atoms with Gasteiger partial charge in [-0.2, -0.15) is 5.26 Å². The molecule has 0 aromatic heterocycles. The molecular formula is C15H17FN2O. The van der Waals surface area contributed by atoms with E-state index in [1.807, 2.05) is 0 Å². The number of halogens is 1. The van der Waals surface area contributed by atoms with Crippen molar-refractivity contribution in [2.24, 2.45) is 5.41 Å². The molecular weight excluding hydrogens is 243 g/mol. The van der Waals surface area contributed by atoms with E-state index in [1.54, 1.807) is 6.07 Å². The normalized spacial score (nSPS) is 18.1. The topological polar surface area (TPSA) is 52.9 Å². The average Bonchev–Trinajstić information content (AvgIpc) is 2.65. The van der Waals surface area contributed by atoms with Gasteiger partial charge in [0.15, 0.2) is 0 Å². The van der Waals surface area contributed by atoms with Crippen LogP contribution in [0.25, 0.3) is 0 Å². The summed E-state index contributed by atoms with van der Waals surface area (Å²) in [6, 6.07) is 7.94. The van der Waals surface area contributed by atoms with Gasteiger partial charge < -0.3 is 5.32 Å². The van der Waals surface area contributed by atoms with Gasteiger partial charge in [0.1, 0.15) is 11.2 Å². The van der Waals surface area contributed by atoms with Gasteiger partial charge in [0.05, 0.1) is 6.07 Å². The number of nitrogens with one attached hydrogen (secondary N) is 1. The Kier molecular flexibility index (Phi) is 4.16. The molecule has 0 saturated heterocycles. The van der Waals surface area contributed by atoms with Crippen molar-refractivity contribution < 1.29 is 9.18 Å². The lowest BCUT2D eigenvalue weighted by molar-refractivity contribution is -0.123. The maximum Gasteiger partial charge on any atom is 0.244 e. The minimum atomic E-state index is -0.956. The van der Waals surface area contributed by atoms with E-state index < -0.39 is 11.2 Å². The van der Waals surface area contributed by atoms with Crippen LogP contribution >= 0.6 is 0 Å². The molecule has 1 aliphatic carbocycles. The molecule has 1 aromatic rings. The van der Waals surface area contributed by atoms with Crippen LogP contribution in [0.5, 0.6) is 0 Å². The standard InChI is InChI=1S/C15H17FN2O/c16-12-6-5-7-13(10-12)18-14(19)15(11-17)8-3-1-2-4-9-15/h5-7,10H,1-4,8-9H2,(H,18,19). The number of nitrogens with zero attached hydrogens (tertiary/aromatic N) is 1. The van der Waals surface area contributed by atoms with Crippen LogP contribution in [0.3, 0.4) is 0 Å². The van der Waals surface area contributed by atoms with Gasteiger partial charge in [0.2, 0.25) is 5.91 Å². The number of rotatable bonds is 2. The van der Waals surface area contributed by atoms with Gasteiger partial charge in [0.25, 0.3) is 0 Å². The third kappa shape index (κ3) is 3.11. The van der Waals surface area contributed by atoms with E-state index in [9.17, 15) is 14.4 Å². The first-order valence-electron chi connectivity index (χ1n) is 6.65. The quantitative estimate of drug-likeness (QED) is 0.825. The highest BCUT2D eigenvalue weighted by molar-refractivity contribution is 5.97. The molecule has 1 N–H and O–H groups in total. The second-order valence-electron chi connectivity index (χ2n) is 5.07. The van der Waals surface area contributed by atoms with Crippen LogP contribution in [0, 0.1) is 22.6 Å². The minimum absolute atomic E-state index is 0.303. The molecule has 4 heteroatoms. The molecule has 1 fully saturated rings. The van der Waals surface area contributed by atoms with E-state index in [4.69, 9.17) is 0 Å². The van der Waals surface area contributed by atoms with Gasteiger partial charge >= 0.3 is 0 Å². The van der Waals surface area contributed by atoms with E-state index >= 15 is 0 Å². The number of anilines is 1. The van der Waals surface area contributed by atoms with Crippen LogP contribution in [0.2, 0.25) is 0 Å². The highest BCUT2D eigenvalue weighted by Crippen LogP contribution is 2.35. The zero-order valence-corrected chi connectivity index (χ0v) is 10.8. The number of carbonyl (C=O) groups is 1. The summed E-state index contributed by atoms with van der Waals surface area (Å²) in [5.74, 6) is -0.702. The minimum Gasteiger partial charge on any atom is -0.325 e. The van der Waals surface area contributed by atoms with Gasteiger partial charge in [-0.05, 0) is 31.0 Å². The Bertz CT molecular complexity index is 499. The fraction of sp³-hybridized carbons (Fsp3) is 0.467. The third-order valence-corrected chi connectivity index (χ3v) is 3.69. The van der Waals surface area contributed by atoms with Gasteiger partial charge in [-0.15, -0.1) is 0 Å². The van der Waals surface area contributed by atoms with E-state index in [0.717, 1.165) is 25.7 Å². The van der Waals surface area contributed by atoms with Crippen molar-refractivity contribution in [3.63, 3.8) is 0 Å². The number of hydrogen-bond donors (Lipinski definition) is 1. The SMILES string of the molecule is N#CC1(C(=O)Nc2cccc(F)c2)CCCCCC1. The molecule has 1 aliphatic rings. The van der Waals surface area contributed by atoms with Crippen LogP contribution in [-0.2, 0) is 4.79 Å². The molecule has 100 valence electrons. The Labute approximate surface area is 112 Å². The fourth-order valence-electron chi connectivity index (χ4n) is 2.54. The highest BCUT2D eigenvalue weighted by Gasteiger charge is 2.38. The van der Waals surface area contributed by atoms with Crippen molar-refractivity contribution in [2.75, 3.05) is 5.32 Å². The van der Waals surface area contributed by atoms with Gasteiger partial charge in [-0.25, -0.2) is 4.39 Å².